The van der Waals surface area contributed by atoms with Crippen molar-refractivity contribution >= 4 is 17.7 Å². The zero-order chi connectivity index (χ0) is 17.0. The van der Waals surface area contributed by atoms with Crippen LogP contribution in [0.4, 0.5) is 0 Å². The third-order valence-corrected chi connectivity index (χ3v) is 5.98. The maximum atomic E-state index is 5.52. The summed E-state index contributed by atoms with van der Waals surface area (Å²) in [7, 11) is 0. The van der Waals surface area contributed by atoms with Crippen LogP contribution in [0.2, 0.25) is 0 Å². The Morgan fingerprint density at radius 3 is 2.57 bits per heavy atom. The summed E-state index contributed by atoms with van der Waals surface area (Å²) in [5, 5.41) is 6.97. The molecule has 23 heavy (non-hydrogen) atoms. The fourth-order valence-electron chi connectivity index (χ4n) is 2.90. The predicted molar refractivity (Wildman–Crippen MR) is 104 cm³/mol. The molecule has 0 saturated carbocycles. The van der Waals surface area contributed by atoms with E-state index in [0.717, 1.165) is 45.1 Å². The first-order valence-electron chi connectivity index (χ1n) is 9.33. The third kappa shape index (κ3) is 8.30. The fraction of sp³-hybridized carbons (Fsp3) is 0.944. The second kappa shape index (κ2) is 12.0. The molecular weight excluding hydrogens is 306 g/mol. The van der Waals surface area contributed by atoms with Crippen LogP contribution in [0.5, 0.6) is 0 Å². The largest absolute Gasteiger partial charge is 0.381 e. The van der Waals surface area contributed by atoms with Crippen LogP contribution >= 0.6 is 11.8 Å². The summed E-state index contributed by atoms with van der Waals surface area (Å²) in [5.41, 5.74) is 0. The molecule has 0 aromatic heterocycles. The molecule has 0 radical (unpaired) electrons. The SMILES string of the molecule is CCCCCCC(C)NC(=NCC1(SC)CCOCC1)NCC. The molecule has 0 aliphatic carbocycles. The molecule has 5 heteroatoms. The minimum atomic E-state index is 0.255. The van der Waals surface area contributed by atoms with Gasteiger partial charge in [-0.25, -0.2) is 0 Å². The lowest BCUT2D eigenvalue weighted by Gasteiger charge is -2.34. The maximum Gasteiger partial charge on any atom is 0.191 e. The van der Waals surface area contributed by atoms with Gasteiger partial charge in [0.15, 0.2) is 5.96 Å². The second-order valence-corrected chi connectivity index (χ2v) is 7.86. The average molecular weight is 344 g/mol. The predicted octanol–water partition coefficient (Wildman–Crippen LogP) is 3.81. The minimum absolute atomic E-state index is 0.255. The topological polar surface area (TPSA) is 45.7 Å². The van der Waals surface area contributed by atoms with Crippen molar-refractivity contribution in [3.8, 4) is 0 Å². The van der Waals surface area contributed by atoms with Crippen LogP contribution in [0.3, 0.4) is 0 Å². The van der Waals surface area contributed by atoms with Crippen LogP contribution < -0.4 is 10.6 Å². The molecule has 0 aromatic rings. The minimum Gasteiger partial charge on any atom is -0.381 e. The number of nitrogens with zero attached hydrogens (tertiary/aromatic N) is 1. The van der Waals surface area contributed by atoms with Crippen molar-refractivity contribution in [2.75, 3.05) is 32.6 Å². The van der Waals surface area contributed by atoms with E-state index in [1.807, 2.05) is 11.8 Å². The van der Waals surface area contributed by atoms with Crippen molar-refractivity contribution in [3.63, 3.8) is 0 Å². The Morgan fingerprint density at radius 1 is 1.22 bits per heavy atom. The van der Waals surface area contributed by atoms with E-state index in [0.29, 0.717) is 6.04 Å². The summed E-state index contributed by atoms with van der Waals surface area (Å²) in [4.78, 5) is 4.88. The molecule has 136 valence electrons. The normalized spacial score (nSPS) is 19.4. The first-order chi connectivity index (χ1) is 11.2. The summed E-state index contributed by atoms with van der Waals surface area (Å²) in [6, 6.07) is 0.476. The molecule has 1 aliphatic rings. The lowest BCUT2D eigenvalue weighted by molar-refractivity contribution is 0.0794. The van der Waals surface area contributed by atoms with Gasteiger partial charge in [-0.1, -0.05) is 32.6 Å². The molecule has 1 saturated heterocycles. The van der Waals surface area contributed by atoms with E-state index in [1.54, 1.807) is 0 Å². The van der Waals surface area contributed by atoms with Crippen molar-refractivity contribution in [3.05, 3.63) is 0 Å². The highest BCUT2D eigenvalue weighted by Crippen LogP contribution is 2.33. The summed E-state index contributed by atoms with van der Waals surface area (Å²) >= 11 is 1.95. The summed E-state index contributed by atoms with van der Waals surface area (Å²) in [6.45, 7) is 10.2. The Morgan fingerprint density at radius 2 is 1.96 bits per heavy atom. The van der Waals surface area contributed by atoms with Gasteiger partial charge in [-0.05, 0) is 39.4 Å². The van der Waals surface area contributed by atoms with Gasteiger partial charge in [0.25, 0.3) is 0 Å². The highest BCUT2D eigenvalue weighted by Gasteiger charge is 2.31. The Hall–Kier alpha value is -0.420. The molecule has 1 fully saturated rings. The van der Waals surface area contributed by atoms with Crippen LogP contribution in [0.25, 0.3) is 0 Å². The quantitative estimate of drug-likeness (QED) is 0.360. The zero-order valence-corrected chi connectivity index (χ0v) is 16.4. The van der Waals surface area contributed by atoms with E-state index in [1.165, 1.54) is 32.1 Å². The molecule has 0 aromatic carbocycles. The Kier molecular flexibility index (Phi) is 10.8. The second-order valence-electron chi connectivity index (χ2n) is 6.59. The smallest absolute Gasteiger partial charge is 0.191 e. The number of aliphatic imine (C=N–C) groups is 1. The number of thioether (sulfide) groups is 1. The Labute approximate surface area is 147 Å². The van der Waals surface area contributed by atoms with Crippen molar-refractivity contribution < 1.29 is 4.74 Å². The van der Waals surface area contributed by atoms with Gasteiger partial charge in [0, 0.05) is 30.5 Å². The molecule has 1 aliphatic heterocycles. The van der Waals surface area contributed by atoms with Gasteiger partial charge in [0.2, 0.25) is 0 Å². The van der Waals surface area contributed by atoms with E-state index in [2.05, 4.69) is 37.7 Å². The van der Waals surface area contributed by atoms with Gasteiger partial charge in [-0.2, -0.15) is 11.8 Å². The maximum absolute atomic E-state index is 5.52. The standard InChI is InChI=1S/C18H37N3OS/c1-5-7-8-9-10-16(3)21-17(19-6-2)20-15-18(23-4)11-13-22-14-12-18/h16H,5-15H2,1-4H3,(H2,19,20,21). The van der Waals surface area contributed by atoms with Gasteiger partial charge >= 0.3 is 0 Å². The van der Waals surface area contributed by atoms with Crippen molar-refractivity contribution in [1.29, 1.82) is 0 Å². The molecule has 0 amide bonds. The molecule has 1 atom stereocenters. The van der Waals surface area contributed by atoms with Crippen molar-refractivity contribution in [2.24, 2.45) is 4.99 Å². The Balaban J connectivity index is 2.48. The molecule has 0 bridgehead atoms. The van der Waals surface area contributed by atoms with Crippen LogP contribution in [0.1, 0.15) is 65.7 Å². The van der Waals surface area contributed by atoms with E-state index < -0.39 is 0 Å². The highest BCUT2D eigenvalue weighted by molar-refractivity contribution is 8.00. The van der Waals surface area contributed by atoms with Crippen LogP contribution in [-0.2, 0) is 4.74 Å². The lowest BCUT2D eigenvalue weighted by Crippen LogP contribution is -2.44. The Bertz CT molecular complexity index is 330. The molecule has 1 heterocycles. The summed E-state index contributed by atoms with van der Waals surface area (Å²) in [5.74, 6) is 0.968. The first kappa shape index (κ1) is 20.6. The number of hydrogen-bond donors (Lipinski definition) is 2. The number of nitrogens with one attached hydrogen (secondary N) is 2. The third-order valence-electron chi connectivity index (χ3n) is 4.58. The monoisotopic (exact) mass is 343 g/mol. The van der Waals surface area contributed by atoms with Gasteiger partial charge < -0.3 is 15.4 Å². The summed E-state index contributed by atoms with van der Waals surface area (Å²) < 4.78 is 5.77. The highest BCUT2D eigenvalue weighted by atomic mass is 32.2. The summed E-state index contributed by atoms with van der Waals surface area (Å²) in [6.07, 6.45) is 10.9. The first-order valence-corrected chi connectivity index (χ1v) is 10.6. The van der Waals surface area contributed by atoms with E-state index in [9.17, 15) is 0 Å². The fourth-order valence-corrected chi connectivity index (χ4v) is 3.66. The number of unbranched alkanes of at least 4 members (excludes halogenated alkanes) is 3. The van der Waals surface area contributed by atoms with E-state index in [4.69, 9.17) is 9.73 Å². The van der Waals surface area contributed by atoms with Crippen LogP contribution in [0.15, 0.2) is 4.99 Å². The van der Waals surface area contributed by atoms with Crippen molar-refractivity contribution in [1.82, 2.24) is 10.6 Å². The number of hydrogen-bond acceptors (Lipinski definition) is 3. The molecule has 4 nitrogen and oxygen atoms in total. The molecule has 2 N–H and O–H groups in total. The number of rotatable bonds is 10. The van der Waals surface area contributed by atoms with E-state index >= 15 is 0 Å². The van der Waals surface area contributed by atoms with Gasteiger partial charge in [-0.3, -0.25) is 4.99 Å². The zero-order valence-electron chi connectivity index (χ0n) is 15.6. The molecule has 1 rings (SSSR count). The van der Waals surface area contributed by atoms with Gasteiger partial charge in [0.1, 0.15) is 0 Å². The number of guanidine groups is 1. The molecular formula is C18H37N3OS. The average Bonchev–Trinajstić information content (AvgIpc) is 2.58. The van der Waals surface area contributed by atoms with Gasteiger partial charge in [0.05, 0.1) is 6.54 Å². The molecule has 0 spiro atoms. The van der Waals surface area contributed by atoms with Crippen LogP contribution in [0, 0.1) is 0 Å². The lowest BCUT2D eigenvalue weighted by atomic mass is 9.99. The van der Waals surface area contributed by atoms with E-state index in [-0.39, 0.29) is 4.75 Å². The number of ether oxygens (including phenoxy) is 1. The van der Waals surface area contributed by atoms with Crippen LogP contribution in [-0.4, -0.2) is 49.3 Å². The van der Waals surface area contributed by atoms with Crippen molar-refractivity contribution in [2.45, 2.75) is 76.5 Å². The molecule has 1 unspecified atom stereocenters. The van der Waals surface area contributed by atoms with Gasteiger partial charge in [-0.15, -0.1) is 0 Å².